The van der Waals surface area contributed by atoms with Gasteiger partial charge in [-0.15, -0.1) is 0 Å². The van der Waals surface area contributed by atoms with Gasteiger partial charge in [-0.05, 0) is 38.5 Å². The Bertz CT molecular complexity index is 162. The van der Waals surface area contributed by atoms with Crippen LogP contribution in [0.1, 0.15) is 78.6 Å². The normalized spacial score (nSPS) is 12.0. The number of hydrogen-bond acceptors (Lipinski definition) is 0. The van der Waals surface area contributed by atoms with Gasteiger partial charge in [-0.25, -0.2) is 0 Å². The largest absolute Gasteiger partial charge is 0.324 e. The van der Waals surface area contributed by atoms with Gasteiger partial charge in [-0.2, -0.15) is 0 Å². The van der Waals surface area contributed by atoms with Gasteiger partial charge < -0.3 is 4.48 Å². The topological polar surface area (TPSA) is 0 Å². The van der Waals surface area contributed by atoms with E-state index in [0.29, 0.717) is 0 Å². The van der Waals surface area contributed by atoms with Gasteiger partial charge >= 0.3 is 0 Å². The van der Waals surface area contributed by atoms with E-state index in [2.05, 4.69) is 36.7 Å². The van der Waals surface area contributed by atoms with Crippen LogP contribution >= 0.6 is 15.9 Å². The smallest absolute Gasteiger partial charge is 0.0786 e. The minimum absolute atomic E-state index is 1.17. The summed E-state index contributed by atoms with van der Waals surface area (Å²) >= 11 is 3.58. The van der Waals surface area contributed by atoms with Crippen molar-refractivity contribution in [1.82, 2.24) is 0 Å². The predicted octanol–water partition coefficient (Wildman–Crippen LogP) is 5.77. The molecule has 0 rings (SSSR count). The van der Waals surface area contributed by atoms with Crippen molar-refractivity contribution >= 4 is 15.9 Å². The average Bonchev–Trinajstić information content (AvgIpc) is 2.43. The highest BCUT2D eigenvalue weighted by atomic mass is 79.9. The molecular weight excluding hydrogens is 298 g/mol. The van der Waals surface area contributed by atoms with E-state index >= 15 is 0 Å². The molecule has 0 spiro atoms. The van der Waals surface area contributed by atoms with Gasteiger partial charge in [-0.1, -0.05) is 56.0 Å². The molecule has 0 saturated carbocycles. The summed E-state index contributed by atoms with van der Waals surface area (Å²) in [6.07, 6.45) is 12.4. The van der Waals surface area contributed by atoms with E-state index in [1.165, 1.54) is 93.8 Å². The van der Waals surface area contributed by atoms with E-state index in [1.807, 2.05) is 0 Å². The van der Waals surface area contributed by atoms with Crippen LogP contribution in [0.2, 0.25) is 0 Å². The fourth-order valence-electron chi connectivity index (χ4n) is 2.90. The molecule has 0 atom stereocenters. The van der Waals surface area contributed by atoms with Crippen molar-refractivity contribution in [2.45, 2.75) is 78.6 Å². The van der Waals surface area contributed by atoms with Crippen LogP contribution in [0.15, 0.2) is 0 Å². The monoisotopic (exact) mass is 334 g/mol. The van der Waals surface area contributed by atoms with Gasteiger partial charge in [0.25, 0.3) is 0 Å². The molecule has 0 unspecified atom stereocenters. The van der Waals surface area contributed by atoms with Crippen LogP contribution in [0, 0.1) is 0 Å². The second-order valence-corrected chi connectivity index (χ2v) is 6.84. The lowest BCUT2D eigenvalue weighted by Gasteiger charge is -2.39. The zero-order chi connectivity index (χ0) is 14.4. The fourth-order valence-corrected chi connectivity index (χ4v) is 3.29. The van der Waals surface area contributed by atoms with Crippen molar-refractivity contribution in [3.05, 3.63) is 0 Å². The molecule has 0 aliphatic heterocycles. The first-order valence-corrected chi connectivity index (χ1v) is 9.77. The van der Waals surface area contributed by atoms with Gasteiger partial charge in [0.15, 0.2) is 0 Å². The standard InChI is InChI=1S/C17H37BrN/c1-4-7-11-16-19(14-8-5-2,15-9-6-3)17-12-10-13-18/h4-17H2,1-3H3/q+1. The molecule has 0 bridgehead atoms. The SMILES string of the molecule is CCCCC[N+](CCCC)(CCCC)CCCCBr. The van der Waals surface area contributed by atoms with Crippen molar-refractivity contribution in [3.63, 3.8) is 0 Å². The van der Waals surface area contributed by atoms with E-state index in [-0.39, 0.29) is 0 Å². The Morgan fingerprint density at radius 1 is 0.579 bits per heavy atom. The van der Waals surface area contributed by atoms with Crippen LogP contribution in [0.25, 0.3) is 0 Å². The Kier molecular flexibility index (Phi) is 13.7. The predicted molar refractivity (Wildman–Crippen MR) is 92.1 cm³/mol. The summed E-state index contributed by atoms with van der Waals surface area (Å²) in [4.78, 5) is 0. The Morgan fingerprint density at radius 2 is 1.00 bits per heavy atom. The number of alkyl halides is 1. The van der Waals surface area contributed by atoms with Crippen molar-refractivity contribution < 1.29 is 4.48 Å². The molecular formula is C17H37BrN+. The van der Waals surface area contributed by atoms with Crippen LogP contribution in [0.4, 0.5) is 0 Å². The summed E-state index contributed by atoms with van der Waals surface area (Å²) in [5, 5.41) is 1.17. The molecule has 1 nitrogen and oxygen atoms in total. The highest BCUT2D eigenvalue weighted by Gasteiger charge is 2.25. The van der Waals surface area contributed by atoms with Crippen molar-refractivity contribution in [1.29, 1.82) is 0 Å². The molecule has 116 valence electrons. The van der Waals surface area contributed by atoms with Gasteiger partial charge in [0, 0.05) is 5.33 Å². The van der Waals surface area contributed by atoms with Gasteiger partial charge in [0.05, 0.1) is 26.2 Å². The van der Waals surface area contributed by atoms with E-state index in [9.17, 15) is 0 Å². The maximum absolute atomic E-state index is 3.58. The fraction of sp³-hybridized carbons (Fsp3) is 1.00. The number of unbranched alkanes of at least 4 members (excludes halogenated alkanes) is 5. The van der Waals surface area contributed by atoms with Crippen molar-refractivity contribution in [3.8, 4) is 0 Å². The highest BCUT2D eigenvalue weighted by molar-refractivity contribution is 9.09. The van der Waals surface area contributed by atoms with Crippen molar-refractivity contribution in [2.75, 3.05) is 31.5 Å². The summed E-state index contributed by atoms with van der Waals surface area (Å²) in [7, 11) is 0. The molecule has 19 heavy (non-hydrogen) atoms. The summed E-state index contributed by atoms with van der Waals surface area (Å²) < 4.78 is 1.41. The van der Waals surface area contributed by atoms with Gasteiger partial charge in [-0.3, -0.25) is 0 Å². The van der Waals surface area contributed by atoms with Crippen LogP contribution in [-0.2, 0) is 0 Å². The van der Waals surface area contributed by atoms with Crippen LogP contribution in [-0.4, -0.2) is 36.0 Å². The maximum Gasteiger partial charge on any atom is 0.0786 e. The summed E-state index contributed by atoms with van der Waals surface area (Å²) in [5.74, 6) is 0. The molecule has 0 saturated heterocycles. The average molecular weight is 335 g/mol. The number of halogens is 1. The number of nitrogens with zero attached hydrogens (tertiary/aromatic N) is 1. The zero-order valence-corrected chi connectivity index (χ0v) is 15.3. The highest BCUT2D eigenvalue weighted by Crippen LogP contribution is 2.17. The summed E-state index contributed by atoms with van der Waals surface area (Å²) in [6.45, 7) is 12.7. The van der Waals surface area contributed by atoms with Gasteiger partial charge in [0.1, 0.15) is 0 Å². The Morgan fingerprint density at radius 3 is 1.42 bits per heavy atom. The lowest BCUT2D eigenvalue weighted by atomic mass is 10.1. The second kappa shape index (κ2) is 13.4. The molecule has 0 aromatic carbocycles. The van der Waals surface area contributed by atoms with Crippen LogP contribution in [0.5, 0.6) is 0 Å². The third-order valence-electron chi connectivity index (χ3n) is 4.22. The van der Waals surface area contributed by atoms with Crippen LogP contribution in [0.3, 0.4) is 0 Å². The second-order valence-electron chi connectivity index (χ2n) is 6.05. The lowest BCUT2D eigenvalue weighted by Crippen LogP contribution is -2.50. The first-order chi connectivity index (χ1) is 9.24. The molecule has 0 heterocycles. The van der Waals surface area contributed by atoms with Crippen LogP contribution < -0.4 is 0 Å². The summed E-state index contributed by atoms with van der Waals surface area (Å²) in [5.41, 5.74) is 0. The number of quaternary nitrogens is 1. The number of hydrogen-bond donors (Lipinski definition) is 0. The molecule has 2 heteroatoms. The number of rotatable bonds is 14. The first-order valence-electron chi connectivity index (χ1n) is 8.65. The third kappa shape index (κ3) is 9.90. The molecule has 0 radical (unpaired) electrons. The minimum Gasteiger partial charge on any atom is -0.324 e. The Labute approximate surface area is 130 Å². The zero-order valence-electron chi connectivity index (χ0n) is 13.7. The molecule has 0 aliphatic carbocycles. The van der Waals surface area contributed by atoms with E-state index in [4.69, 9.17) is 0 Å². The first kappa shape index (κ1) is 19.4. The molecule has 0 aromatic rings. The maximum atomic E-state index is 3.58. The Balaban J connectivity index is 4.44. The Hall–Kier alpha value is 0.440. The molecule has 0 amide bonds. The molecule has 0 aromatic heterocycles. The lowest BCUT2D eigenvalue weighted by molar-refractivity contribution is -0.929. The van der Waals surface area contributed by atoms with Gasteiger partial charge in [0.2, 0.25) is 0 Å². The quantitative estimate of drug-likeness (QED) is 0.215. The van der Waals surface area contributed by atoms with E-state index in [1.54, 1.807) is 0 Å². The third-order valence-corrected chi connectivity index (χ3v) is 4.78. The van der Waals surface area contributed by atoms with E-state index in [0.717, 1.165) is 0 Å². The summed E-state index contributed by atoms with van der Waals surface area (Å²) in [6, 6.07) is 0. The molecule has 0 N–H and O–H groups in total. The van der Waals surface area contributed by atoms with E-state index < -0.39 is 0 Å². The molecule has 0 fully saturated rings. The molecule has 0 aliphatic rings. The van der Waals surface area contributed by atoms with Crippen molar-refractivity contribution in [2.24, 2.45) is 0 Å². The minimum atomic E-state index is 1.17.